The fourth-order valence-corrected chi connectivity index (χ4v) is 1.83. The van der Waals surface area contributed by atoms with E-state index < -0.39 is 0 Å². The second-order valence-electron chi connectivity index (χ2n) is 5.08. The first-order valence-electron chi connectivity index (χ1n) is 7.44. The van der Waals surface area contributed by atoms with Gasteiger partial charge in [0.1, 0.15) is 0 Å². The van der Waals surface area contributed by atoms with Gasteiger partial charge < -0.3 is 10.6 Å². The van der Waals surface area contributed by atoms with E-state index in [-0.39, 0.29) is 0 Å². The summed E-state index contributed by atoms with van der Waals surface area (Å²) < 4.78 is 0. The van der Waals surface area contributed by atoms with Crippen molar-refractivity contribution in [2.45, 2.75) is 59.4 Å². The van der Waals surface area contributed by atoms with Gasteiger partial charge in [0.05, 0.1) is 0 Å². The number of rotatable bonds is 11. The summed E-state index contributed by atoms with van der Waals surface area (Å²) >= 11 is 0. The highest BCUT2D eigenvalue weighted by atomic mass is 14.9. The molecular formula is C16H32N2. The van der Waals surface area contributed by atoms with Gasteiger partial charge in [-0.15, -0.1) is 0 Å². The fraction of sp³-hybridized carbons (Fsp3) is 0.750. The van der Waals surface area contributed by atoms with Crippen LogP contribution in [0.15, 0.2) is 23.8 Å². The minimum Gasteiger partial charge on any atom is -0.314 e. The monoisotopic (exact) mass is 252 g/mol. The van der Waals surface area contributed by atoms with Crippen LogP contribution in [0.3, 0.4) is 0 Å². The van der Waals surface area contributed by atoms with E-state index in [2.05, 4.69) is 56.6 Å². The van der Waals surface area contributed by atoms with Crippen molar-refractivity contribution in [2.24, 2.45) is 0 Å². The Hall–Kier alpha value is -0.600. The number of allylic oxidation sites excluding steroid dienone is 3. The first-order chi connectivity index (χ1) is 8.70. The molecule has 106 valence electrons. The molecule has 2 heteroatoms. The maximum atomic E-state index is 3.62. The molecule has 0 radical (unpaired) electrons. The molecule has 0 aliphatic rings. The molecule has 0 aromatic carbocycles. The SMILES string of the molecule is CCCC(CC)NCCCNC/C=C/C=C(C)C. The van der Waals surface area contributed by atoms with Crippen LogP contribution in [-0.2, 0) is 0 Å². The maximum absolute atomic E-state index is 3.62. The van der Waals surface area contributed by atoms with Crippen molar-refractivity contribution < 1.29 is 0 Å². The first-order valence-corrected chi connectivity index (χ1v) is 7.44. The van der Waals surface area contributed by atoms with Crippen molar-refractivity contribution in [2.75, 3.05) is 19.6 Å². The van der Waals surface area contributed by atoms with E-state index in [9.17, 15) is 0 Å². The zero-order valence-electron chi connectivity index (χ0n) is 12.8. The first kappa shape index (κ1) is 17.4. The highest BCUT2D eigenvalue weighted by molar-refractivity contribution is 5.08. The van der Waals surface area contributed by atoms with Gasteiger partial charge in [-0.2, -0.15) is 0 Å². The van der Waals surface area contributed by atoms with Gasteiger partial charge in [0, 0.05) is 12.6 Å². The van der Waals surface area contributed by atoms with Crippen LogP contribution in [0.25, 0.3) is 0 Å². The molecule has 0 aliphatic heterocycles. The summed E-state index contributed by atoms with van der Waals surface area (Å²) in [5, 5.41) is 7.05. The van der Waals surface area contributed by atoms with Gasteiger partial charge in [-0.05, 0) is 46.2 Å². The third kappa shape index (κ3) is 11.9. The van der Waals surface area contributed by atoms with Gasteiger partial charge in [-0.25, -0.2) is 0 Å². The summed E-state index contributed by atoms with van der Waals surface area (Å²) in [5.41, 5.74) is 1.34. The Kier molecular flexibility index (Phi) is 12.4. The predicted molar refractivity (Wildman–Crippen MR) is 83.0 cm³/mol. The topological polar surface area (TPSA) is 24.1 Å². The van der Waals surface area contributed by atoms with Crippen molar-refractivity contribution in [3.8, 4) is 0 Å². The molecule has 1 atom stereocenters. The average molecular weight is 252 g/mol. The number of nitrogens with one attached hydrogen (secondary N) is 2. The predicted octanol–water partition coefficient (Wildman–Crippen LogP) is 3.66. The molecule has 0 spiro atoms. The lowest BCUT2D eigenvalue weighted by Gasteiger charge is -2.15. The van der Waals surface area contributed by atoms with Crippen LogP contribution in [0.2, 0.25) is 0 Å². The molecule has 1 unspecified atom stereocenters. The molecular weight excluding hydrogens is 220 g/mol. The van der Waals surface area contributed by atoms with E-state index in [1.54, 1.807) is 0 Å². The molecule has 2 N–H and O–H groups in total. The molecule has 0 heterocycles. The minimum absolute atomic E-state index is 0.715. The Labute approximate surface area is 114 Å². The summed E-state index contributed by atoms with van der Waals surface area (Å²) in [6, 6.07) is 0.715. The lowest BCUT2D eigenvalue weighted by Crippen LogP contribution is -2.31. The quantitative estimate of drug-likeness (QED) is 0.433. The highest BCUT2D eigenvalue weighted by Crippen LogP contribution is 2.00. The summed E-state index contributed by atoms with van der Waals surface area (Å²) in [6.07, 6.45) is 11.5. The Morgan fingerprint density at radius 1 is 1.17 bits per heavy atom. The van der Waals surface area contributed by atoms with Crippen LogP contribution in [0.4, 0.5) is 0 Å². The molecule has 0 aromatic heterocycles. The molecule has 0 aliphatic carbocycles. The lowest BCUT2D eigenvalue weighted by atomic mass is 10.1. The highest BCUT2D eigenvalue weighted by Gasteiger charge is 2.02. The zero-order chi connectivity index (χ0) is 13.6. The summed E-state index contributed by atoms with van der Waals surface area (Å²) in [5.74, 6) is 0. The minimum atomic E-state index is 0.715. The Morgan fingerprint density at radius 3 is 2.56 bits per heavy atom. The van der Waals surface area contributed by atoms with E-state index >= 15 is 0 Å². The van der Waals surface area contributed by atoms with Gasteiger partial charge >= 0.3 is 0 Å². The zero-order valence-corrected chi connectivity index (χ0v) is 12.8. The van der Waals surface area contributed by atoms with E-state index in [1.165, 1.54) is 31.3 Å². The molecule has 0 saturated heterocycles. The average Bonchev–Trinajstić information content (AvgIpc) is 2.35. The van der Waals surface area contributed by atoms with Crippen LogP contribution >= 0.6 is 0 Å². The van der Waals surface area contributed by atoms with E-state index in [4.69, 9.17) is 0 Å². The summed E-state index contributed by atoms with van der Waals surface area (Å²) in [6.45, 7) is 11.9. The van der Waals surface area contributed by atoms with Crippen molar-refractivity contribution >= 4 is 0 Å². The Morgan fingerprint density at radius 2 is 1.94 bits per heavy atom. The van der Waals surface area contributed by atoms with Gasteiger partial charge in [0.25, 0.3) is 0 Å². The normalized spacial score (nSPS) is 12.9. The van der Waals surface area contributed by atoms with Crippen molar-refractivity contribution in [3.63, 3.8) is 0 Å². The van der Waals surface area contributed by atoms with Crippen molar-refractivity contribution in [3.05, 3.63) is 23.8 Å². The van der Waals surface area contributed by atoms with Crippen LogP contribution < -0.4 is 10.6 Å². The third-order valence-electron chi connectivity index (χ3n) is 2.92. The second kappa shape index (κ2) is 12.8. The van der Waals surface area contributed by atoms with Gasteiger partial charge in [-0.3, -0.25) is 0 Å². The van der Waals surface area contributed by atoms with E-state index in [0.717, 1.165) is 19.6 Å². The van der Waals surface area contributed by atoms with Gasteiger partial charge in [-0.1, -0.05) is 44.1 Å². The van der Waals surface area contributed by atoms with Crippen molar-refractivity contribution in [1.82, 2.24) is 10.6 Å². The molecule has 0 saturated carbocycles. The van der Waals surface area contributed by atoms with Crippen LogP contribution in [-0.4, -0.2) is 25.7 Å². The number of hydrogen-bond donors (Lipinski definition) is 2. The van der Waals surface area contributed by atoms with E-state index in [1.807, 2.05) is 0 Å². The second-order valence-corrected chi connectivity index (χ2v) is 5.08. The Bertz CT molecular complexity index is 227. The smallest absolute Gasteiger partial charge is 0.0137 e. The van der Waals surface area contributed by atoms with Gasteiger partial charge in [0.15, 0.2) is 0 Å². The lowest BCUT2D eigenvalue weighted by molar-refractivity contribution is 0.456. The van der Waals surface area contributed by atoms with Crippen LogP contribution in [0.5, 0.6) is 0 Å². The molecule has 0 fully saturated rings. The standard InChI is InChI=1S/C16H32N2/c1-5-10-16(6-2)18-14-9-13-17-12-8-7-11-15(3)4/h7-8,11,16-18H,5-6,9-10,12-14H2,1-4H3/b8-7+. The van der Waals surface area contributed by atoms with Gasteiger partial charge in [0.2, 0.25) is 0 Å². The maximum Gasteiger partial charge on any atom is 0.0137 e. The number of hydrogen-bond acceptors (Lipinski definition) is 2. The molecule has 0 aromatic rings. The summed E-state index contributed by atoms with van der Waals surface area (Å²) in [4.78, 5) is 0. The largest absolute Gasteiger partial charge is 0.314 e. The van der Waals surface area contributed by atoms with Crippen molar-refractivity contribution in [1.29, 1.82) is 0 Å². The third-order valence-corrected chi connectivity index (χ3v) is 2.92. The summed E-state index contributed by atoms with van der Waals surface area (Å²) in [7, 11) is 0. The Balaban J connectivity index is 3.35. The molecule has 18 heavy (non-hydrogen) atoms. The van der Waals surface area contributed by atoms with Crippen LogP contribution in [0.1, 0.15) is 53.4 Å². The van der Waals surface area contributed by atoms with E-state index in [0.29, 0.717) is 6.04 Å². The fourth-order valence-electron chi connectivity index (χ4n) is 1.83. The van der Waals surface area contributed by atoms with Crippen LogP contribution in [0, 0.1) is 0 Å². The molecule has 0 amide bonds. The molecule has 0 bridgehead atoms. The molecule has 2 nitrogen and oxygen atoms in total. The molecule has 0 rings (SSSR count).